The predicted octanol–water partition coefficient (Wildman–Crippen LogP) is 4.98. The van der Waals surface area contributed by atoms with Gasteiger partial charge in [-0.15, -0.1) is 0 Å². The van der Waals surface area contributed by atoms with Gasteiger partial charge in [-0.05, 0) is 76.2 Å². The van der Waals surface area contributed by atoms with E-state index >= 15 is 0 Å². The molecule has 6 rings (SSSR count). The topological polar surface area (TPSA) is 92.7 Å². The van der Waals surface area contributed by atoms with E-state index in [2.05, 4.69) is 12.1 Å². The van der Waals surface area contributed by atoms with Gasteiger partial charge in [0.2, 0.25) is 0 Å². The van der Waals surface area contributed by atoms with E-state index in [9.17, 15) is 9.90 Å². The third-order valence-electron chi connectivity index (χ3n) is 9.38. The molecule has 8 heteroatoms. The van der Waals surface area contributed by atoms with Gasteiger partial charge < -0.3 is 33.5 Å². The normalized spacial score (nSPS) is 40.1. The Hall–Kier alpha value is -1.55. The molecule has 5 aliphatic rings. The molecule has 1 spiro atoms. The van der Waals surface area contributed by atoms with Gasteiger partial charge in [0, 0.05) is 25.9 Å². The third kappa shape index (κ3) is 7.08. The number of carbonyl (C=O) groups excluding carboxylic acids is 1. The highest BCUT2D eigenvalue weighted by Crippen LogP contribution is 2.45. The van der Waals surface area contributed by atoms with Gasteiger partial charge >= 0.3 is 5.97 Å². The van der Waals surface area contributed by atoms with Crippen LogP contribution in [0.2, 0.25) is 0 Å². The molecule has 9 atom stereocenters. The van der Waals surface area contributed by atoms with Gasteiger partial charge in [0.05, 0.1) is 49.3 Å². The minimum absolute atomic E-state index is 0.00609. The van der Waals surface area contributed by atoms with Gasteiger partial charge in [-0.1, -0.05) is 30.3 Å². The molecule has 1 aromatic carbocycles. The second kappa shape index (κ2) is 13.2. The van der Waals surface area contributed by atoms with E-state index in [1.54, 1.807) is 0 Å². The summed E-state index contributed by atoms with van der Waals surface area (Å²) in [7, 11) is 0. The molecule has 0 bridgehead atoms. The number of carbonyl (C=O) groups is 1. The molecule has 0 aromatic heterocycles. The molecule has 5 heterocycles. The lowest BCUT2D eigenvalue weighted by molar-refractivity contribution is -0.295. The van der Waals surface area contributed by atoms with Crippen molar-refractivity contribution in [2.75, 3.05) is 6.61 Å². The standard InChI is InChI=1S/C32H46O8/c33-23-19-24(9-4-5-18-35-21-22-7-2-1-3-8-22)39-32(20-23)17-16-30(40-32)29-15-14-28(37-29)27-13-12-26(36-27)25-10-6-11-31(34)38-25/h1-3,7-8,23-30,33H,4-6,9-21H2/t23-,24-,25+,26-,27-,28+,29-,30?,32+/m1/s1. The average molecular weight is 559 g/mol. The summed E-state index contributed by atoms with van der Waals surface area (Å²) < 4.78 is 37.4. The molecule has 0 saturated carbocycles. The molecule has 1 N–H and O–H groups in total. The smallest absolute Gasteiger partial charge is 0.306 e. The van der Waals surface area contributed by atoms with Gasteiger partial charge in [0.15, 0.2) is 5.79 Å². The number of rotatable bonds is 10. The zero-order valence-corrected chi connectivity index (χ0v) is 23.6. The second-order valence-corrected chi connectivity index (χ2v) is 12.5. The quantitative estimate of drug-likeness (QED) is 0.318. The van der Waals surface area contributed by atoms with Gasteiger partial charge in [0.25, 0.3) is 0 Å². The van der Waals surface area contributed by atoms with Crippen LogP contribution in [0, 0.1) is 0 Å². The zero-order chi connectivity index (χ0) is 27.4. The summed E-state index contributed by atoms with van der Waals surface area (Å²) >= 11 is 0. The summed E-state index contributed by atoms with van der Waals surface area (Å²) in [5, 5.41) is 10.7. The number of benzene rings is 1. The van der Waals surface area contributed by atoms with E-state index < -0.39 is 11.9 Å². The number of aliphatic hydroxyl groups is 1. The molecule has 5 aliphatic heterocycles. The number of ether oxygens (including phenoxy) is 6. The van der Waals surface area contributed by atoms with Gasteiger partial charge in [0.1, 0.15) is 6.10 Å². The highest BCUT2D eigenvalue weighted by Gasteiger charge is 2.51. The molecule has 5 fully saturated rings. The fourth-order valence-corrected chi connectivity index (χ4v) is 7.39. The molecule has 0 amide bonds. The molecule has 40 heavy (non-hydrogen) atoms. The van der Waals surface area contributed by atoms with Crippen LogP contribution in [0.15, 0.2) is 30.3 Å². The third-order valence-corrected chi connectivity index (χ3v) is 9.38. The van der Waals surface area contributed by atoms with Crippen molar-refractivity contribution in [2.24, 2.45) is 0 Å². The maximum absolute atomic E-state index is 11.7. The summed E-state index contributed by atoms with van der Waals surface area (Å²) in [4.78, 5) is 11.7. The lowest BCUT2D eigenvalue weighted by atomic mass is 9.93. The minimum Gasteiger partial charge on any atom is -0.460 e. The number of aliphatic hydroxyl groups excluding tert-OH is 1. The SMILES string of the molecule is O=C1CCC[C@@H]([C@H]2CC[C@H]([C@@H]3CC[C@H](C4CC[C@@]5(C[C@H](O)C[C@@H](CCCCOCc6ccccc6)O5)O4)O3)O2)O1. The predicted molar refractivity (Wildman–Crippen MR) is 146 cm³/mol. The molecular formula is C32H46O8. The van der Waals surface area contributed by atoms with Crippen molar-refractivity contribution in [3.8, 4) is 0 Å². The lowest BCUT2D eigenvalue weighted by Gasteiger charge is -2.41. The highest BCUT2D eigenvalue weighted by atomic mass is 16.7. The molecule has 5 saturated heterocycles. The molecule has 1 aromatic rings. The van der Waals surface area contributed by atoms with Crippen LogP contribution < -0.4 is 0 Å². The largest absolute Gasteiger partial charge is 0.460 e. The van der Waals surface area contributed by atoms with Gasteiger partial charge in [-0.2, -0.15) is 0 Å². The first kappa shape index (κ1) is 28.6. The van der Waals surface area contributed by atoms with Crippen molar-refractivity contribution in [3.63, 3.8) is 0 Å². The van der Waals surface area contributed by atoms with Crippen molar-refractivity contribution >= 4 is 5.97 Å². The van der Waals surface area contributed by atoms with Crippen LogP contribution in [0.1, 0.15) is 95.5 Å². The van der Waals surface area contributed by atoms with Crippen LogP contribution in [0.4, 0.5) is 0 Å². The van der Waals surface area contributed by atoms with E-state index in [1.807, 2.05) is 18.2 Å². The fourth-order valence-electron chi connectivity index (χ4n) is 7.39. The van der Waals surface area contributed by atoms with Crippen LogP contribution >= 0.6 is 0 Å². The van der Waals surface area contributed by atoms with Crippen LogP contribution in [0.25, 0.3) is 0 Å². The van der Waals surface area contributed by atoms with Crippen molar-refractivity contribution in [1.82, 2.24) is 0 Å². The van der Waals surface area contributed by atoms with E-state index in [4.69, 9.17) is 28.4 Å². The number of esters is 1. The fraction of sp³-hybridized carbons (Fsp3) is 0.781. The van der Waals surface area contributed by atoms with E-state index in [0.29, 0.717) is 25.9 Å². The monoisotopic (exact) mass is 558 g/mol. The molecule has 222 valence electrons. The van der Waals surface area contributed by atoms with E-state index in [-0.39, 0.29) is 48.7 Å². The Labute approximate surface area is 238 Å². The highest BCUT2D eigenvalue weighted by molar-refractivity contribution is 5.70. The maximum atomic E-state index is 11.7. The Balaban J connectivity index is 0.920. The van der Waals surface area contributed by atoms with Crippen LogP contribution in [0.5, 0.6) is 0 Å². The number of hydrogen-bond donors (Lipinski definition) is 1. The molecule has 8 nitrogen and oxygen atoms in total. The van der Waals surface area contributed by atoms with Gasteiger partial charge in [-0.3, -0.25) is 4.79 Å². The van der Waals surface area contributed by atoms with E-state index in [1.165, 1.54) is 5.56 Å². The number of unbranched alkanes of at least 4 members (excludes halogenated alkanes) is 1. The first-order valence-corrected chi connectivity index (χ1v) is 15.7. The Kier molecular flexibility index (Phi) is 9.41. The van der Waals surface area contributed by atoms with Crippen molar-refractivity contribution < 1.29 is 38.3 Å². The summed E-state index contributed by atoms with van der Waals surface area (Å²) in [6.07, 6.45) is 11.5. The van der Waals surface area contributed by atoms with Gasteiger partial charge in [-0.25, -0.2) is 0 Å². The Morgan fingerprint density at radius 2 is 1.57 bits per heavy atom. The van der Waals surface area contributed by atoms with Crippen molar-refractivity contribution in [3.05, 3.63) is 35.9 Å². The summed E-state index contributed by atoms with van der Waals surface area (Å²) in [6, 6.07) is 10.2. The van der Waals surface area contributed by atoms with E-state index in [0.717, 1.165) is 77.2 Å². The molecular weight excluding hydrogens is 512 g/mol. The summed E-state index contributed by atoms with van der Waals surface area (Å²) in [5.74, 6) is -0.795. The minimum atomic E-state index is -0.696. The Morgan fingerprint density at radius 1 is 0.850 bits per heavy atom. The van der Waals surface area contributed by atoms with Crippen molar-refractivity contribution in [1.29, 1.82) is 0 Å². The Bertz CT molecular complexity index is 957. The van der Waals surface area contributed by atoms with Crippen LogP contribution in [-0.4, -0.2) is 72.3 Å². The first-order chi connectivity index (χ1) is 19.6. The Morgan fingerprint density at radius 3 is 2.33 bits per heavy atom. The summed E-state index contributed by atoms with van der Waals surface area (Å²) in [6.45, 7) is 1.37. The molecule has 0 radical (unpaired) electrons. The molecule has 0 aliphatic carbocycles. The maximum Gasteiger partial charge on any atom is 0.306 e. The summed E-state index contributed by atoms with van der Waals surface area (Å²) in [5.41, 5.74) is 1.19. The van der Waals surface area contributed by atoms with Crippen LogP contribution in [-0.2, 0) is 39.8 Å². The number of hydrogen-bond acceptors (Lipinski definition) is 8. The van der Waals surface area contributed by atoms with Crippen LogP contribution in [0.3, 0.4) is 0 Å². The molecule has 1 unspecified atom stereocenters. The number of cyclic esters (lactones) is 1. The first-order valence-electron chi connectivity index (χ1n) is 15.7. The average Bonchev–Trinajstić information content (AvgIpc) is 3.71. The second-order valence-electron chi connectivity index (χ2n) is 12.5. The lowest BCUT2D eigenvalue weighted by Crippen LogP contribution is -2.47. The zero-order valence-electron chi connectivity index (χ0n) is 23.6. The van der Waals surface area contributed by atoms with Crippen molar-refractivity contribution in [2.45, 2.75) is 151 Å².